The Hall–Kier alpha value is -4.00. The highest BCUT2D eigenvalue weighted by molar-refractivity contribution is 7.90. The van der Waals surface area contributed by atoms with Crippen molar-refractivity contribution in [2.75, 3.05) is 24.7 Å². The summed E-state index contributed by atoms with van der Waals surface area (Å²) in [5.74, 6) is -0.408. The lowest BCUT2D eigenvalue weighted by molar-refractivity contribution is -0.132. The van der Waals surface area contributed by atoms with Crippen LogP contribution in [0, 0.1) is 5.82 Å². The van der Waals surface area contributed by atoms with E-state index in [1.165, 1.54) is 18.2 Å². The largest absolute Gasteiger partial charge is 0.465 e. The number of hydrogen-bond acceptors (Lipinski definition) is 8. The standard InChI is InChI=1S/C25H28FN5O6S/c1-38(35,36)20-10-8-16(9-11-20)23-29-24(37-30-23)27-15-19-6-4-12-31(19)22(32)14-18(28-25(33)34)13-17-5-2-3-7-21(17)26/h2-3,5,7-11,18-19,28H,4,6,12-15H2,1H3,(H,33,34)(H,27,29,30)/t18-,19+/m1/s1. The molecule has 0 bridgehead atoms. The van der Waals surface area contributed by atoms with Crippen LogP contribution in [0.25, 0.3) is 11.4 Å². The fourth-order valence-electron chi connectivity index (χ4n) is 4.45. The third-order valence-electron chi connectivity index (χ3n) is 6.33. The van der Waals surface area contributed by atoms with Crippen molar-refractivity contribution in [2.24, 2.45) is 0 Å². The number of carboxylic acid groups (broad SMARTS) is 1. The van der Waals surface area contributed by atoms with E-state index in [0.29, 0.717) is 24.2 Å². The minimum absolute atomic E-state index is 0.0530. The van der Waals surface area contributed by atoms with Crippen LogP contribution in [0.2, 0.25) is 0 Å². The topological polar surface area (TPSA) is 155 Å². The monoisotopic (exact) mass is 545 g/mol. The number of anilines is 1. The molecule has 2 aromatic carbocycles. The number of aromatic nitrogens is 2. The van der Waals surface area contributed by atoms with Gasteiger partial charge in [-0.3, -0.25) is 4.79 Å². The molecule has 2 amide bonds. The molecule has 202 valence electrons. The van der Waals surface area contributed by atoms with E-state index in [1.54, 1.807) is 35.2 Å². The molecule has 1 aliphatic heterocycles. The number of nitrogens with one attached hydrogen (secondary N) is 2. The van der Waals surface area contributed by atoms with Gasteiger partial charge in [0.05, 0.1) is 4.90 Å². The minimum Gasteiger partial charge on any atom is -0.465 e. The number of halogens is 1. The zero-order chi connectivity index (χ0) is 27.3. The average Bonchev–Trinajstić information content (AvgIpc) is 3.53. The summed E-state index contributed by atoms with van der Waals surface area (Å²) in [4.78, 5) is 30.5. The van der Waals surface area contributed by atoms with Gasteiger partial charge >= 0.3 is 12.1 Å². The molecule has 1 saturated heterocycles. The molecule has 11 nitrogen and oxygen atoms in total. The Bertz CT molecular complexity index is 1400. The van der Waals surface area contributed by atoms with Gasteiger partial charge in [-0.15, -0.1) is 0 Å². The molecule has 2 atom stereocenters. The van der Waals surface area contributed by atoms with Crippen molar-refractivity contribution < 1.29 is 32.0 Å². The molecule has 0 spiro atoms. The second-order valence-corrected chi connectivity index (χ2v) is 11.1. The van der Waals surface area contributed by atoms with Gasteiger partial charge in [-0.05, 0) is 55.2 Å². The zero-order valence-corrected chi connectivity index (χ0v) is 21.4. The minimum atomic E-state index is -3.32. The maximum absolute atomic E-state index is 14.1. The first kappa shape index (κ1) is 27.0. The van der Waals surface area contributed by atoms with Gasteiger partial charge in [0.2, 0.25) is 11.7 Å². The van der Waals surface area contributed by atoms with Crippen molar-refractivity contribution in [3.05, 3.63) is 59.9 Å². The van der Waals surface area contributed by atoms with Crippen LogP contribution >= 0.6 is 0 Å². The number of rotatable bonds is 10. The van der Waals surface area contributed by atoms with E-state index in [4.69, 9.17) is 4.52 Å². The first-order valence-corrected chi connectivity index (χ1v) is 13.9. The van der Waals surface area contributed by atoms with E-state index in [-0.39, 0.29) is 41.5 Å². The van der Waals surface area contributed by atoms with Crippen LogP contribution in [0.3, 0.4) is 0 Å². The molecule has 1 aromatic heterocycles. The highest BCUT2D eigenvalue weighted by atomic mass is 32.2. The third-order valence-corrected chi connectivity index (χ3v) is 7.45. The van der Waals surface area contributed by atoms with Crippen LogP contribution in [0.1, 0.15) is 24.8 Å². The van der Waals surface area contributed by atoms with Crippen molar-refractivity contribution in [2.45, 2.75) is 42.7 Å². The van der Waals surface area contributed by atoms with Gasteiger partial charge in [0, 0.05) is 43.4 Å². The lowest BCUT2D eigenvalue weighted by Crippen LogP contribution is -2.44. The second kappa shape index (κ2) is 11.6. The molecule has 3 aromatic rings. The molecule has 0 unspecified atom stereocenters. The summed E-state index contributed by atoms with van der Waals surface area (Å²) < 4.78 is 42.6. The Kier molecular flexibility index (Phi) is 8.25. The van der Waals surface area contributed by atoms with E-state index >= 15 is 0 Å². The highest BCUT2D eigenvalue weighted by Crippen LogP contribution is 2.23. The molecule has 4 rings (SSSR count). The fraction of sp³-hybridized carbons (Fsp3) is 0.360. The Balaban J connectivity index is 1.36. The molecule has 0 radical (unpaired) electrons. The first-order chi connectivity index (χ1) is 18.1. The van der Waals surface area contributed by atoms with Crippen LogP contribution in [0.5, 0.6) is 0 Å². The molecule has 1 aliphatic rings. The number of carbonyl (C=O) groups is 2. The highest BCUT2D eigenvalue weighted by Gasteiger charge is 2.31. The maximum Gasteiger partial charge on any atom is 0.404 e. The molecule has 0 aliphatic carbocycles. The van der Waals surface area contributed by atoms with Crippen molar-refractivity contribution in [3.8, 4) is 11.4 Å². The molecule has 38 heavy (non-hydrogen) atoms. The van der Waals surface area contributed by atoms with E-state index in [2.05, 4.69) is 20.8 Å². The van der Waals surface area contributed by atoms with Gasteiger partial charge in [-0.2, -0.15) is 4.98 Å². The number of hydrogen-bond donors (Lipinski definition) is 3. The van der Waals surface area contributed by atoms with Crippen LogP contribution in [0.4, 0.5) is 15.2 Å². The lowest BCUT2D eigenvalue weighted by Gasteiger charge is -2.27. The van der Waals surface area contributed by atoms with E-state index in [0.717, 1.165) is 19.1 Å². The molecular weight excluding hydrogens is 517 g/mol. The van der Waals surface area contributed by atoms with Crippen molar-refractivity contribution in [1.29, 1.82) is 0 Å². The number of carbonyl (C=O) groups excluding carboxylic acids is 1. The van der Waals surface area contributed by atoms with Crippen molar-refractivity contribution in [1.82, 2.24) is 20.4 Å². The molecule has 1 fully saturated rings. The van der Waals surface area contributed by atoms with E-state index in [1.807, 2.05) is 0 Å². The summed E-state index contributed by atoms with van der Waals surface area (Å²) in [5.41, 5.74) is 0.913. The summed E-state index contributed by atoms with van der Waals surface area (Å²) >= 11 is 0. The van der Waals surface area contributed by atoms with Crippen molar-refractivity contribution in [3.63, 3.8) is 0 Å². The van der Waals surface area contributed by atoms with Crippen molar-refractivity contribution >= 4 is 27.9 Å². The van der Waals surface area contributed by atoms with E-state index in [9.17, 15) is 27.5 Å². The number of sulfone groups is 1. The number of nitrogens with zero attached hydrogens (tertiary/aromatic N) is 3. The summed E-state index contributed by atoms with van der Waals surface area (Å²) in [5, 5.41) is 18.5. The normalized spacial score (nSPS) is 16.3. The number of benzene rings is 2. The van der Waals surface area contributed by atoms with Gasteiger partial charge in [0.15, 0.2) is 9.84 Å². The predicted octanol–water partition coefficient (Wildman–Crippen LogP) is 2.95. The first-order valence-electron chi connectivity index (χ1n) is 12.0. The lowest BCUT2D eigenvalue weighted by atomic mass is 10.0. The Morgan fingerprint density at radius 2 is 1.95 bits per heavy atom. The third kappa shape index (κ3) is 6.85. The van der Waals surface area contributed by atoms with Crippen LogP contribution < -0.4 is 10.6 Å². The van der Waals surface area contributed by atoms with Gasteiger partial charge in [-0.25, -0.2) is 17.6 Å². The molecule has 13 heteroatoms. The van der Waals surface area contributed by atoms with Crippen LogP contribution in [0.15, 0.2) is 57.9 Å². The van der Waals surface area contributed by atoms with Gasteiger partial charge in [-0.1, -0.05) is 23.4 Å². The molecule has 2 heterocycles. The Morgan fingerprint density at radius 3 is 2.63 bits per heavy atom. The molecule has 0 saturated carbocycles. The number of amides is 2. The van der Waals surface area contributed by atoms with Crippen LogP contribution in [-0.4, -0.2) is 72.0 Å². The summed E-state index contributed by atoms with van der Waals surface area (Å²) in [6.07, 6.45) is 1.31. The van der Waals surface area contributed by atoms with Gasteiger partial charge < -0.3 is 25.2 Å². The smallest absolute Gasteiger partial charge is 0.404 e. The zero-order valence-electron chi connectivity index (χ0n) is 20.6. The molecular formula is C25H28FN5O6S. The Morgan fingerprint density at radius 1 is 1.21 bits per heavy atom. The summed E-state index contributed by atoms with van der Waals surface area (Å²) in [6.45, 7) is 0.858. The fourth-order valence-corrected chi connectivity index (χ4v) is 5.08. The molecule has 3 N–H and O–H groups in total. The average molecular weight is 546 g/mol. The van der Waals surface area contributed by atoms with Crippen LogP contribution in [-0.2, 0) is 21.1 Å². The predicted molar refractivity (Wildman–Crippen MR) is 136 cm³/mol. The summed E-state index contributed by atoms with van der Waals surface area (Å²) in [6, 6.07) is 11.4. The summed E-state index contributed by atoms with van der Waals surface area (Å²) in [7, 11) is -3.32. The maximum atomic E-state index is 14.1. The quantitative estimate of drug-likeness (QED) is 0.349. The Labute approximate surface area is 219 Å². The SMILES string of the molecule is CS(=O)(=O)c1ccc(-c2noc(NC[C@@H]3CCCN3C(=O)C[C@@H](Cc3ccccc3F)NC(=O)O)n2)cc1. The van der Waals surface area contributed by atoms with E-state index < -0.39 is 27.8 Å². The van der Waals surface area contributed by atoms with Gasteiger partial charge in [0.1, 0.15) is 5.82 Å². The number of likely N-dealkylation sites (tertiary alicyclic amines) is 1. The second-order valence-electron chi connectivity index (χ2n) is 9.13. The van der Waals surface area contributed by atoms with Gasteiger partial charge in [0.25, 0.3) is 0 Å².